The van der Waals surface area contributed by atoms with Crippen LogP contribution in [-0.4, -0.2) is 17.0 Å². The van der Waals surface area contributed by atoms with Crippen molar-refractivity contribution in [3.8, 4) is 0 Å². The summed E-state index contributed by atoms with van der Waals surface area (Å²) in [6.07, 6.45) is 2.66. The Kier molecular flexibility index (Phi) is 4.45. The molecular formula is C19H21NO3S. The summed E-state index contributed by atoms with van der Waals surface area (Å²) in [6.45, 7) is 6.13. The predicted molar refractivity (Wildman–Crippen MR) is 96.3 cm³/mol. The van der Waals surface area contributed by atoms with Gasteiger partial charge in [-0.1, -0.05) is 13.0 Å². The number of hydrogen-bond donors (Lipinski definition) is 2. The molecule has 0 spiro atoms. The van der Waals surface area contributed by atoms with Gasteiger partial charge in [0.15, 0.2) is 0 Å². The van der Waals surface area contributed by atoms with E-state index in [-0.39, 0.29) is 11.5 Å². The van der Waals surface area contributed by atoms with E-state index < -0.39 is 5.97 Å². The monoisotopic (exact) mass is 343 g/mol. The number of fused-ring (bicyclic) bond motifs is 1. The van der Waals surface area contributed by atoms with Crippen molar-refractivity contribution in [1.82, 2.24) is 0 Å². The molecule has 1 amide bonds. The number of carboxylic acids is 1. The van der Waals surface area contributed by atoms with E-state index in [4.69, 9.17) is 0 Å². The lowest BCUT2D eigenvalue weighted by atomic mass is 9.88. The molecule has 4 nitrogen and oxygen atoms in total. The molecular weight excluding hydrogens is 322 g/mol. The number of nitrogens with one attached hydrogen (secondary N) is 1. The summed E-state index contributed by atoms with van der Waals surface area (Å²) in [6, 6.07) is 5.51. The number of aryl methyl sites for hydroxylation is 2. The minimum Gasteiger partial charge on any atom is -0.478 e. The van der Waals surface area contributed by atoms with Gasteiger partial charge in [-0.15, -0.1) is 11.3 Å². The minimum atomic E-state index is -0.961. The van der Waals surface area contributed by atoms with Crippen LogP contribution in [0.5, 0.6) is 0 Å². The van der Waals surface area contributed by atoms with E-state index in [1.165, 1.54) is 11.3 Å². The lowest BCUT2D eigenvalue weighted by Gasteiger charge is -2.17. The molecule has 1 atom stereocenters. The number of anilines is 1. The van der Waals surface area contributed by atoms with E-state index in [0.29, 0.717) is 16.5 Å². The maximum absolute atomic E-state index is 12.5. The van der Waals surface area contributed by atoms with Crippen LogP contribution in [0.15, 0.2) is 18.2 Å². The lowest BCUT2D eigenvalue weighted by Crippen LogP contribution is -2.15. The van der Waals surface area contributed by atoms with E-state index in [9.17, 15) is 14.7 Å². The Bertz CT molecular complexity index is 822. The highest BCUT2D eigenvalue weighted by atomic mass is 32.1. The van der Waals surface area contributed by atoms with E-state index in [0.717, 1.165) is 40.8 Å². The number of carbonyl (C=O) groups excluding carboxylic acids is 1. The van der Waals surface area contributed by atoms with Gasteiger partial charge in [0.05, 0.1) is 5.56 Å². The molecule has 3 rings (SSSR count). The Morgan fingerprint density at radius 2 is 2.00 bits per heavy atom. The normalized spacial score (nSPS) is 16.5. The van der Waals surface area contributed by atoms with Crippen LogP contribution in [0.3, 0.4) is 0 Å². The number of hydrogen-bond acceptors (Lipinski definition) is 3. The molecule has 1 aliphatic carbocycles. The lowest BCUT2D eigenvalue weighted by molar-refractivity contribution is 0.0697. The molecule has 5 heteroatoms. The number of carboxylic acid groups (broad SMARTS) is 1. The van der Waals surface area contributed by atoms with Crippen molar-refractivity contribution in [1.29, 1.82) is 0 Å². The van der Waals surface area contributed by atoms with Gasteiger partial charge in [-0.05, 0) is 67.9 Å². The second-order valence-electron chi connectivity index (χ2n) is 6.61. The third-order valence-corrected chi connectivity index (χ3v) is 5.89. The first-order chi connectivity index (χ1) is 11.4. The minimum absolute atomic E-state index is 0.257. The predicted octanol–water partition coefficient (Wildman–Crippen LogP) is 4.44. The summed E-state index contributed by atoms with van der Waals surface area (Å²) < 4.78 is 0. The molecule has 2 aromatic rings. The van der Waals surface area contributed by atoms with Gasteiger partial charge in [-0.2, -0.15) is 0 Å². The third-order valence-electron chi connectivity index (χ3n) is 4.72. The van der Waals surface area contributed by atoms with Crippen LogP contribution >= 0.6 is 11.3 Å². The van der Waals surface area contributed by atoms with Gasteiger partial charge in [0, 0.05) is 10.4 Å². The van der Waals surface area contributed by atoms with Crippen molar-refractivity contribution >= 4 is 28.2 Å². The maximum atomic E-state index is 12.5. The molecule has 0 aliphatic heterocycles. The van der Waals surface area contributed by atoms with Crippen LogP contribution in [0.4, 0.5) is 5.00 Å². The SMILES string of the molecule is Cc1ccc(C(=O)Nc2sc3c(c2C(=O)O)CCC(C)C3)cc1C. The summed E-state index contributed by atoms with van der Waals surface area (Å²) >= 11 is 1.41. The topological polar surface area (TPSA) is 66.4 Å². The van der Waals surface area contributed by atoms with Gasteiger partial charge in [-0.25, -0.2) is 4.79 Å². The standard InChI is InChI=1S/C19H21NO3S/c1-10-4-7-14-15(8-10)24-18(16(14)19(22)23)20-17(21)13-6-5-11(2)12(3)9-13/h5-6,9-10H,4,7-8H2,1-3H3,(H,20,21)(H,22,23). The second kappa shape index (κ2) is 6.40. The number of amides is 1. The van der Waals surface area contributed by atoms with Gasteiger partial charge < -0.3 is 10.4 Å². The van der Waals surface area contributed by atoms with Crippen LogP contribution in [-0.2, 0) is 12.8 Å². The first kappa shape index (κ1) is 16.7. The fourth-order valence-corrected chi connectivity index (χ4v) is 4.52. The smallest absolute Gasteiger partial charge is 0.339 e. The molecule has 0 radical (unpaired) electrons. The van der Waals surface area contributed by atoms with Gasteiger partial charge in [0.1, 0.15) is 5.00 Å². The number of carbonyl (C=O) groups is 2. The fraction of sp³-hybridized carbons (Fsp3) is 0.368. The highest BCUT2D eigenvalue weighted by Crippen LogP contribution is 2.39. The summed E-state index contributed by atoms with van der Waals surface area (Å²) in [5.41, 5.74) is 3.90. The largest absolute Gasteiger partial charge is 0.478 e. The summed E-state index contributed by atoms with van der Waals surface area (Å²) in [7, 11) is 0. The van der Waals surface area contributed by atoms with Gasteiger partial charge in [0.2, 0.25) is 0 Å². The zero-order valence-electron chi connectivity index (χ0n) is 14.1. The summed E-state index contributed by atoms with van der Waals surface area (Å²) in [5, 5.41) is 12.9. The average molecular weight is 343 g/mol. The molecule has 126 valence electrons. The van der Waals surface area contributed by atoms with Crippen LogP contribution in [0.1, 0.15) is 55.6 Å². The van der Waals surface area contributed by atoms with Crippen molar-refractivity contribution in [3.05, 3.63) is 50.9 Å². The Morgan fingerprint density at radius 3 is 2.67 bits per heavy atom. The average Bonchev–Trinajstić information content (AvgIpc) is 2.86. The number of aromatic carboxylic acids is 1. The van der Waals surface area contributed by atoms with E-state index >= 15 is 0 Å². The number of rotatable bonds is 3. The van der Waals surface area contributed by atoms with Crippen molar-refractivity contribution in [2.24, 2.45) is 5.92 Å². The Hall–Kier alpha value is -2.14. The molecule has 24 heavy (non-hydrogen) atoms. The Labute approximate surface area is 145 Å². The zero-order valence-corrected chi connectivity index (χ0v) is 14.9. The van der Waals surface area contributed by atoms with Gasteiger partial charge >= 0.3 is 5.97 Å². The van der Waals surface area contributed by atoms with Crippen LogP contribution in [0, 0.1) is 19.8 Å². The van der Waals surface area contributed by atoms with Crippen molar-refractivity contribution in [2.45, 2.75) is 40.0 Å². The zero-order chi connectivity index (χ0) is 17.4. The molecule has 0 saturated carbocycles. The summed E-state index contributed by atoms with van der Waals surface area (Å²) in [5.74, 6) is -0.661. The van der Waals surface area contributed by atoms with E-state index in [1.807, 2.05) is 26.0 Å². The maximum Gasteiger partial charge on any atom is 0.339 e. The van der Waals surface area contributed by atoms with Crippen molar-refractivity contribution in [3.63, 3.8) is 0 Å². The van der Waals surface area contributed by atoms with Crippen LogP contribution < -0.4 is 5.32 Å². The molecule has 1 aromatic carbocycles. The summed E-state index contributed by atoms with van der Waals surface area (Å²) in [4.78, 5) is 25.3. The molecule has 1 heterocycles. The molecule has 1 unspecified atom stereocenters. The molecule has 0 fully saturated rings. The van der Waals surface area contributed by atoms with Crippen molar-refractivity contribution < 1.29 is 14.7 Å². The van der Waals surface area contributed by atoms with E-state index in [1.54, 1.807) is 6.07 Å². The first-order valence-corrected chi connectivity index (χ1v) is 8.95. The molecule has 1 aromatic heterocycles. The molecule has 0 saturated heterocycles. The van der Waals surface area contributed by atoms with Gasteiger partial charge in [0.25, 0.3) is 5.91 Å². The quantitative estimate of drug-likeness (QED) is 0.866. The van der Waals surface area contributed by atoms with Crippen LogP contribution in [0.25, 0.3) is 0 Å². The Balaban J connectivity index is 1.93. The Morgan fingerprint density at radius 1 is 1.25 bits per heavy atom. The highest BCUT2D eigenvalue weighted by Gasteiger charge is 2.28. The molecule has 2 N–H and O–H groups in total. The molecule has 1 aliphatic rings. The van der Waals surface area contributed by atoms with E-state index in [2.05, 4.69) is 12.2 Å². The van der Waals surface area contributed by atoms with Crippen LogP contribution in [0.2, 0.25) is 0 Å². The van der Waals surface area contributed by atoms with Gasteiger partial charge in [-0.3, -0.25) is 4.79 Å². The number of thiophene rings is 1. The second-order valence-corrected chi connectivity index (χ2v) is 7.72. The third kappa shape index (κ3) is 3.08. The molecule has 0 bridgehead atoms. The fourth-order valence-electron chi connectivity index (χ4n) is 3.12. The first-order valence-electron chi connectivity index (χ1n) is 8.13. The van der Waals surface area contributed by atoms with Crippen molar-refractivity contribution in [2.75, 3.05) is 5.32 Å². The number of benzene rings is 1. The highest BCUT2D eigenvalue weighted by molar-refractivity contribution is 7.17.